The number of aromatic carboxylic acids is 1. The number of carboxylic acids is 1. The largest absolute Gasteiger partial charge is 0.477 e. The van der Waals surface area contributed by atoms with Gasteiger partial charge in [-0.3, -0.25) is 4.40 Å². The maximum Gasteiger partial charge on any atom is 0.352 e. The van der Waals surface area contributed by atoms with E-state index in [0.29, 0.717) is 21.4 Å². The molecule has 1 aromatic carbocycles. The van der Waals surface area contributed by atoms with Gasteiger partial charge in [0.1, 0.15) is 11.3 Å². The van der Waals surface area contributed by atoms with Crippen molar-refractivity contribution in [3.05, 3.63) is 58.3 Å². The fourth-order valence-corrected chi connectivity index (χ4v) is 2.28. The Kier molecular flexibility index (Phi) is 3.12. The van der Waals surface area contributed by atoms with Gasteiger partial charge in [-0.2, -0.15) is 0 Å². The van der Waals surface area contributed by atoms with Crippen molar-refractivity contribution in [3.63, 3.8) is 0 Å². The summed E-state index contributed by atoms with van der Waals surface area (Å²) >= 11 is 11.9. The fourth-order valence-electron chi connectivity index (χ4n) is 1.98. The topological polar surface area (TPSA) is 54.6 Å². The van der Waals surface area contributed by atoms with Crippen molar-refractivity contribution in [1.82, 2.24) is 9.38 Å². The smallest absolute Gasteiger partial charge is 0.352 e. The molecule has 2 aromatic heterocycles. The molecule has 3 rings (SSSR count). The lowest BCUT2D eigenvalue weighted by atomic mass is 10.2. The molecule has 1 N–H and O–H groups in total. The summed E-state index contributed by atoms with van der Waals surface area (Å²) < 4.78 is 1.53. The summed E-state index contributed by atoms with van der Waals surface area (Å²) in [6, 6.07) is 10.1. The van der Waals surface area contributed by atoms with Gasteiger partial charge in [-0.25, -0.2) is 9.78 Å². The van der Waals surface area contributed by atoms with Crippen molar-refractivity contribution in [2.24, 2.45) is 0 Å². The summed E-state index contributed by atoms with van der Waals surface area (Å²) in [5.74, 6) is -1.01. The normalized spacial score (nSPS) is 10.9. The Morgan fingerprint density at radius 2 is 1.95 bits per heavy atom. The number of imidazole rings is 1. The molecule has 0 radical (unpaired) electrons. The van der Waals surface area contributed by atoms with E-state index in [-0.39, 0.29) is 5.69 Å². The van der Waals surface area contributed by atoms with E-state index in [1.165, 1.54) is 10.5 Å². The van der Waals surface area contributed by atoms with Crippen LogP contribution in [-0.4, -0.2) is 20.5 Å². The van der Waals surface area contributed by atoms with Crippen LogP contribution in [-0.2, 0) is 0 Å². The number of carboxylic acid groups (broad SMARTS) is 1. The minimum Gasteiger partial charge on any atom is -0.477 e. The molecule has 3 aromatic rings. The fraction of sp³-hybridized carbons (Fsp3) is 0. The van der Waals surface area contributed by atoms with Gasteiger partial charge in [0.15, 0.2) is 0 Å². The average molecular weight is 307 g/mol. The molecule has 0 amide bonds. The third-order valence-electron chi connectivity index (χ3n) is 2.93. The number of carbonyl (C=O) groups is 1. The first-order chi connectivity index (χ1) is 9.56. The lowest BCUT2D eigenvalue weighted by molar-refractivity contribution is 0.0689. The monoisotopic (exact) mass is 306 g/mol. The van der Waals surface area contributed by atoms with Crippen molar-refractivity contribution >= 4 is 34.8 Å². The number of aromatic nitrogens is 2. The third kappa shape index (κ3) is 2.13. The number of hydrogen-bond donors (Lipinski definition) is 1. The summed E-state index contributed by atoms with van der Waals surface area (Å²) in [5, 5.41) is 10.0. The first-order valence-corrected chi connectivity index (χ1v) is 6.48. The predicted molar refractivity (Wildman–Crippen MR) is 77.6 cm³/mol. The summed E-state index contributed by atoms with van der Waals surface area (Å²) in [4.78, 5) is 15.6. The van der Waals surface area contributed by atoms with Gasteiger partial charge in [0, 0.05) is 11.8 Å². The van der Waals surface area contributed by atoms with Gasteiger partial charge in [-0.1, -0.05) is 35.3 Å². The Morgan fingerprint density at radius 1 is 1.15 bits per heavy atom. The number of halogens is 2. The van der Waals surface area contributed by atoms with Crippen molar-refractivity contribution in [1.29, 1.82) is 0 Å². The van der Waals surface area contributed by atoms with Gasteiger partial charge < -0.3 is 5.11 Å². The highest BCUT2D eigenvalue weighted by Crippen LogP contribution is 2.28. The molecule has 100 valence electrons. The predicted octanol–water partition coefficient (Wildman–Crippen LogP) is 4.01. The molecule has 6 heteroatoms. The second kappa shape index (κ2) is 4.81. The number of fused-ring (bicyclic) bond motifs is 1. The van der Waals surface area contributed by atoms with E-state index in [1.54, 1.807) is 36.5 Å². The van der Waals surface area contributed by atoms with Gasteiger partial charge >= 0.3 is 5.97 Å². The average Bonchev–Trinajstić information content (AvgIpc) is 2.85. The minimum absolute atomic E-state index is 0.154. The molecule has 20 heavy (non-hydrogen) atoms. The Hall–Kier alpha value is -2.04. The van der Waals surface area contributed by atoms with Gasteiger partial charge in [-0.15, -0.1) is 0 Å². The molecule has 0 bridgehead atoms. The van der Waals surface area contributed by atoms with Crippen molar-refractivity contribution in [2.75, 3.05) is 0 Å². The summed E-state index contributed by atoms with van der Waals surface area (Å²) in [7, 11) is 0. The molecular formula is C14H8Cl2N2O2. The minimum atomic E-state index is -1.01. The first-order valence-electron chi connectivity index (χ1n) is 5.73. The zero-order chi connectivity index (χ0) is 14.3. The zero-order valence-corrected chi connectivity index (χ0v) is 11.6. The zero-order valence-electron chi connectivity index (χ0n) is 10.0. The van der Waals surface area contributed by atoms with Crippen LogP contribution in [0.15, 0.2) is 42.6 Å². The van der Waals surface area contributed by atoms with Crippen molar-refractivity contribution in [3.8, 4) is 11.3 Å². The molecule has 4 nitrogen and oxygen atoms in total. The highest BCUT2D eigenvalue weighted by molar-refractivity contribution is 6.42. The molecule has 0 aliphatic heterocycles. The van der Waals surface area contributed by atoms with E-state index in [9.17, 15) is 4.79 Å². The molecule has 0 saturated heterocycles. The SMILES string of the molecule is O=C(O)c1cccc2nc(-c3ccc(Cl)c(Cl)c3)cn12. The standard InChI is InChI=1S/C14H8Cl2N2O2/c15-9-5-4-8(6-10(9)16)11-7-18-12(14(19)20)2-1-3-13(18)17-11/h1-7H,(H,19,20). The Morgan fingerprint density at radius 3 is 2.65 bits per heavy atom. The lowest BCUT2D eigenvalue weighted by Gasteiger charge is -1.99. The quantitative estimate of drug-likeness (QED) is 0.778. The number of benzene rings is 1. The Balaban J connectivity index is 2.20. The molecular weight excluding hydrogens is 299 g/mol. The number of hydrogen-bond acceptors (Lipinski definition) is 2. The van der Waals surface area contributed by atoms with Crippen LogP contribution in [0.2, 0.25) is 10.0 Å². The van der Waals surface area contributed by atoms with Crippen LogP contribution in [0, 0.1) is 0 Å². The molecule has 0 atom stereocenters. The highest BCUT2D eigenvalue weighted by atomic mass is 35.5. The van der Waals surface area contributed by atoms with Crippen LogP contribution in [0.1, 0.15) is 10.5 Å². The van der Waals surface area contributed by atoms with Gasteiger partial charge in [0.2, 0.25) is 0 Å². The second-order valence-corrected chi connectivity index (χ2v) is 5.01. The van der Waals surface area contributed by atoms with Gasteiger partial charge in [-0.05, 0) is 24.3 Å². The Labute approximate surface area is 124 Å². The van der Waals surface area contributed by atoms with E-state index >= 15 is 0 Å². The lowest BCUT2D eigenvalue weighted by Crippen LogP contribution is -2.03. The number of nitrogens with zero attached hydrogens (tertiary/aromatic N) is 2. The summed E-state index contributed by atoms with van der Waals surface area (Å²) in [6.07, 6.45) is 1.67. The van der Waals surface area contributed by atoms with Crippen LogP contribution in [0.4, 0.5) is 0 Å². The van der Waals surface area contributed by atoms with E-state index < -0.39 is 5.97 Å². The molecule has 0 unspecified atom stereocenters. The molecule has 2 heterocycles. The molecule has 0 saturated carbocycles. The second-order valence-electron chi connectivity index (χ2n) is 4.20. The molecule has 0 aliphatic carbocycles. The van der Waals surface area contributed by atoms with Crippen LogP contribution < -0.4 is 0 Å². The van der Waals surface area contributed by atoms with Crippen LogP contribution in [0.5, 0.6) is 0 Å². The van der Waals surface area contributed by atoms with E-state index in [4.69, 9.17) is 28.3 Å². The van der Waals surface area contributed by atoms with E-state index in [0.717, 1.165) is 5.56 Å². The van der Waals surface area contributed by atoms with E-state index in [1.807, 2.05) is 0 Å². The van der Waals surface area contributed by atoms with Crippen molar-refractivity contribution < 1.29 is 9.90 Å². The number of pyridine rings is 1. The summed E-state index contributed by atoms with van der Waals surface area (Å²) in [6.45, 7) is 0. The maximum absolute atomic E-state index is 11.2. The third-order valence-corrected chi connectivity index (χ3v) is 3.67. The molecule has 0 aliphatic rings. The molecule has 0 spiro atoms. The van der Waals surface area contributed by atoms with Gasteiger partial charge in [0.25, 0.3) is 0 Å². The van der Waals surface area contributed by atoms with Crippen molar-refractivity contribution in [2.45, 2.75) is 0 Å². The maximum atomic E-state index is 11.2. The van der Waals surface area contributed by atoms with E-state index in [2.05, 4.69) is 4.98 Å². The first kappa shape index (κ1) is 13.0. The Bertz CT molecular complexity index is 827. The van der Waals surface area contributed by atoms with Crippen LogP contribution >= 0.6 is 23.2 Å². The highest BCUT2D eigenvalue weighted by Gasteiger charge is 2.12. The van der Waals surface area contributed by atoms with Gasteiger partial charge in [0.05, 0.1) is 15.7 Å². The molecule has 0 fully saturated rings. The van der Waals surface area contributed by atoms with Crippen LogP contribution in [0.3, 0.4) is 0 Å². The van der Waals surface area contributed by atoms with Crippen LogP contribution in [0.25, 0.3) is 16.9 Å². The summed E-state index contributed by atoms with van der Waals surface area (Å²) in [5.41, 5.74) is 2.13. The number of rotatable bonds is 2.